The van der Waals surface area contributed by atoms with Crippen LogP contribution >= 0.6 is 0 Å². The zero-order valence-corrected chi connectivity index (χ0v) is 17.3. The van der Waals surface area contributed by atoms with Gasteiger partial charge < -0.3 is 14.7 Å². The molecule has 4 heteroatoms. The maximum atomic E-state index is 12.9. The van der Waals surface area contributed by atoms with Crippen LogP contribution in [0.25, 0.3) is 6.08 Å². The number of carbonyl (C=O) groups excluding carboxylic acids is 1. The number of rotatable bonds is 8. The van der Waals surface area contributed by atoms with E-state index in [0.717, 1.165) is 17.7 Å². The first-order chi connectivity index (χ1) is 13.2. The number of aromatic hydroxyl groups is 1. The summed E-state index contributed by atoms with van der Waals surface area (Å²) < 4.78 is 5.33. The summed E-state index contributed by atoms with van der Waals surface area (Å²) in [4.78, 5) is 15.0. The van der Waals surface area contributed by atoms with Crippen molar-refractivity contribution >= 4 is 11.9 Å². The van der Waals surface area contributed by atoms with Crippen LogP contribution in [-0.4, -0.2) is 37.0 Å². The maximum Gasteiger partial charge on any atom is 0.189 e. The average molecular weight is 380 g/mol. The lowest BCUT2D eigenvalue weighted by Gasteiger charge is -2.23. The lowest BCUT2D eigenvalue weighted by atomic mass is 9.83. The van der Waals surface area contributed by atoms with Gasteiger partial charge in [0.15, 0.2) is 5.78 Å². The number of ketones is 1. The molecular weight excluding hydrogens is 350 g/mol. The van der Waals surface area contributed by atoms with Crippen LogP contribution in [0.2, 0.25) is 0 Å². The Balaban J connectivity index is 2.43. The maximum absolute atomic E-state index is 12.9. The van der Waals surface area contributed by atoms with Gasteiger partial charge in [-0.15, -0.1) is 6.58 Å². The van der Waals surface area contributed by atoms with Gasteiger partial charge in [0.05, 0.1) is 12.7 Å². The number of benzene rings is 2. The second-order valence-electron chi connectivity index (χ2n) is 7.63. The van der Waals surface area contributed by atoms with Crippen LogP contribution < -0.4 is 4.74 Å². The van der Waals surface area contributed by atoms with Crippen molar-refractivity contribution < 1.29 is 14.6 Å². The van der Waals surface area contributed by atoms with E-state index in [1.807, 2.05) is 52.2 Å². The summed E-state index contributed by atoms with van der Waals surface area (Å²) >= 11 is 0. The highest BCUT2D eigenvalue weighted by atomic mass is 16.5. The summed E-state index contributed by atoms with van der Waals surface area (Å²) in [5.74, 6) is 0.244. The molecule has 0 saturated carbocycles. The van der Waals surface area contributed by atoms with Gasteiger partial charge in [0.1, 0.15) is 11.5 Å². The molecule has 148 valence electrons. The summed E-state index contributed by atoms with van der Waals surface area (Å²) in [6.07, 6.45) is 5.12. The Morgan fingerprint density at radius 2 is 1.93 bits per heavy atom. The number of ether oxygens (including phenoxy) is 1. The van der Waals surface area contributed by atoms with E-state index in [4.69, 9.17) is 4.74 Å². The number of carbonyl (C=O) groups is 1. The molecule has 0 aliphatic rings. The number of phenols is 1. The van der Waals surface area contributed by atoms with Crippen molar-refractivity contribution in [3.8, 4) is 11.5 Å². The molecule has 0 aliphatic carbocycles. The van der Waals surface area contributed by atoms with Gasteiger partial charge in [0.2, 0.25) is 0 Å². The Kier molecular flexibility index (Phi) is 6.81. The third-order valence-electron chi connectivity index (χ3n) is 4.74. The van der Waals surface area contributed by atoms with Crippen LogP contribution in [0.4, 0.5) is 0 Å². The first-order valence-corrected chi connectivity index (χ1v) is 9.19. The fourth-order valence-corrected chi connectivity index (χ4v) is 2.99. The Morgan fingerprint density at radius 1 is 1.25 bits per heavy atom. The number of allylic oxidation sites excluding steroid dienone is 2. The third kappa shape index (κ3) is 4.90. The van der Waals surface area contributed by atoms with E-state index in [2.05, 4.69) is 17.5 Å². The van der Waals surface area contributed by atoms with E-state index >= 15 is 0 Å². The van der Waals surface area contributed by atoms with Gasteiger partial charge in [-0.2, -0.15) is 0 Å². The molecule has 0 spiro atoms. The van der Waals surface area contributed by atoms with Crippen molar-refractivity contribution in [1.82, 2.24) is 4.90 Å². The van der Waals surface area contributed by atoms with Gasteiger partial charge in [0, 0.05) is 23.6 Å². The highest BCUT2D eigenvalue weighted by Crippen LogP contribution is 2.37. The predicted molar refractivity (Wildman–Crippen MR) is 115 cm³/mol. The van der Waals surface area contributed by atoms with Gasteiger partial charge >= 0.3 is 0 Å². The van der Waals surface area contributed by atoms with Gasteiger partial charge in [0.25, 0.3) is 0 Å². The van der Waals surface area contributed by atoms with Crippen LogP contribution in [0.1, 0.15) is 40.9 Å². The van der Waals surface area contributed by atoms with E-state index in [-0.39, 0.29) is 11.5 Å². The summed E-state index contributed by atoms with van der Waals surface area (Å²) in [5.41, 5.74) is 2.70. The molecule has 1 N–H and O–H groups in total. The SMILES string of the molecule is C=CC(C)(C)c1cc(C(=O)C=Cc2ccccc2CN(C)C)c(OC)cc1O. The van der Waals surface area contributed by atoms with E-state index in [9.17, 15) is 9.90 Å². The molecule has 2 rings (SSSR count). The molecule has 2 aromatic rings. The molecule has 0 bridgehead atoms. The minimum Gasteiger partial charge on any atom is -0.507 e. The molecular formula is C24H29NO3. The van der Waals surface area contributed by atoms with Gasteiger partial charge in [-0.05, 0) is 37.4 Å². The number of hydrogen-bond acceptors (Lipinski definition) is 4. The van der Waals surface area contributed by atoms with Gasteiger partial charge in [-0.3, -0.25) is 4.79 Å². The van der Waals surface area contributed by atoms with Crippen molar-refractivity contribution in [1.29, 1.82) is 0 Å². The molecule has 0 saturated heterocycles. The Bertz CT molecular complexity index is 895. The van der Waals surface area contributed by atoms with Crippen molar-refractivity contribution in [3.05, 3.63) is 77.4 Å². The van der Waals surface area contributed by atoms with Crippen molar-refractivity contribution in [2.24, 2.45) is 0 Å². The van der Waals surface area contributed by atoms with Crippen LogP contribution in [-0.2, 0) is 12.0 Å². The van der Waals surface area contributed by atoms with Crippen molar-refractivity contribution in [2.45, 2.75) is 25.8 Å². The van der Waals surface area contributed by atoms with E-state index < -0.39 is 5.41 Å². The third-order valence-corrected chi connectivity index (χ3v) is 4.74. The zero-order chi connectivity index (χ0) is 20.9. The molecule has 0 heterocycles. The first kappa shape index (κ1) is 21.5. The largest absolute Gasteiger partial charge is 0.507 e. The Hall–Kier alpha value is -2.85. The van der Waals surface area contributed by atoms with Crippen molar-refractivity contribution in [2.75, 3.05) is 21.2 Å². The Labute approximate surface area is 167 Å². The van der Waals surface area contributed by atoms with Gasteiger partial charge in [-0.1, -0.05) is 50.3 Å². The fourth-order valence-electron chi connectivity index (χ4n) is 2.99. The monoisotopic (exact) mass is 379 g/mol. The highest BCUT2D eigenvalue weighted by molar-refractivity contribution is 6.09. The predicted octanol–water partition coefficient (Wildman–Crippen LogP) is 4.82. The number of nitrogens with zero attached hydrogens (tertiary/aromatic N) is 1. The quantitative estimate of drug-likeness (QED) is 0.406. The normalized spacial score (nSPS) is 11.8. The second kappa shape index (κ2) is 8.89. The zero-order valence-electron chi connectivity index (χ0n) is 17.3. The summed E-state index contributed by atoms with van der Waals surface area (Å²) in [7, 11) is 5.51. The molecule has 0 unspecified atom stereocenters. The highest BCUT2D eigenvalue weighted by Gasteiger charge is 2.24. The van der Waals surface area contributed by atoms with E-state index in [1.54, 1.807) is 18.2 Å². The molecule has 4 nitrogen and oxygen atoms in total. The summed E-state index contributed by atoms with van der Waals surface area (Å²) in [6.45, 7) is 8.48. The van der Waals surface area contributed by atoms with Crippen molar-refractivity contribution in [3.63, 3.8) is 0 Å². The van der Waals surface area contributed by atoms with Gasteiger partial charge in [-0.25, -0.2) is 0 Å². The average Bonchev–Trinajstić information content (AvgIpc) is 2.66. The molecule has 0 radical (unpaired) electrons. The molecule has 0 atom stereocenters. The number of phenolic OH excluding ortho intramolecular Hbond substituents is 1. The van der Waals surface area contributed by atoms with E-state index in [1.165, 1.54) is 13.2 Å². The smallest absolute Gasteiger partial charge is 0.189 e. The summed E-state index contributed by atoms with van der Waals surface area (Å²) in [5, 5.41) is 10.4. The molecule has 0 aromatic heterocycles. The molecule has 2 aromatic carbocycles. The topological polar surface area (TPSA) is 49.8 Å². The van der Waals surface area contributed by atoms with Crippen LogP contribution in [0.15, 0.2) is 55.1 Å². The molecule has 0 amide bonds. The number of methoxy groups -OCH3 is 1. The minimum atomic E-state index is -0.479. The lowest BCUT2D eigenvalue weighted by molar-refractivity contribution is 0.104. The lowest BCUT2D eigenvalue weighted by Crippen LogP contribution is -2.14. The molecule has 0 aliphatic heterocycles. The fraction of sp³-hybridized carbons (Fsp3) is 0.292. The van der Waals surface area contributed by atoms with Crippen LogP contribution in [0, 0.1) is 0 Å². The standard InChI is InChI=1S/C24H29NO3/c1-7-24(2,3)20-14-19(23(28-6)15-22(20)27)21(26)13-12-17-10-8-9-11-18(17)16-25(4)5/h7-15,27H,1,16H2,2-6H3. The summed E-state index contributed by atoms with van der Waals surface area (Å²) in [6, 6.07) is 11.2. The first-order valence-electron chi connectivity index (χ1n) is 9.19. The van der Waals surface area contributed by atoms with E-state index in [0.29, 0.717) is 16.9 Å². The second-order valence-corrected chi connectivity index (χ2v) is 7.63. The number of hydrogen-bond donors (Lipinski definition) is 1. The molecule has 0 fully saturated rings. The minimum absolute atomic E-state index is 0.0820. The molecule has 28 heavy (non-hydrogen) atoms. The van der Waals surface area contributed by atoms with Crippen LogP contribution in [0.5, 0.6) is 11.5 Å². The van der Waals surface area contributed by atoms with Crippen LogP contribution in [0.3, 0.4) is 0 Å². The Morgan fingerprint density at radius 3 is 2.54 bits per heavy atom.